The first-order valence-electron chi connectivity index (χ1n) is 8.01. The normalized spacial score (nSPS) is 16.7. The van der Waals surface area contributed by atoms with Gasteiger partial charge in [0, 0.05) is 30.1 Å². The topological polar surface area (TPSA) is 56.2 Å². The highest BCUT2D eigenvalue weighted by atomic mass is 32.1. The molecule has 1 N–H and O–H groups in total. The number of nitrogens with one attached hydrogen (secondary N) is 1. The van der Waals surface area contributed by atoms with Crippen molar-refractivity contribution in [2.75, 3.05) is 7.05 Å². The molecule has 2 aromatic heterocycles. The number of carbonyl (C=O) groups excluding carboxylic acids is 1. The van der Waals surface area contributed by atoms with E-state index in [9.17, 15) is 4.79 Å². The van der Waals surface area contributed by atoms with E-state index in [0.29, 0.717) is 5.56 Å². The van der Waals surface area contributed by atoms with E-state index in [1.165, 1.54) is 4.88 Å². The average Bonchev–Trinajstić information content (AvgIpc) is 3.23. The molecule has 3 aromatic rings. The van der Waals surface area contributed by atoms with Crippen molar-refractivity contribution in [2.45, 2.75) is 25.9 Å². The molecule has 24 heavy (non-hydrogen) atoms. The summed E-state index contributed by atoms with van der Waals surface area (Å²) in [5.41, 5.74) is 3.43. The molecule has 0 saturated heterocycles. The van der Waals surface area contributed by atoms with Crippen LogP contribution in [0.2, 0.25) is 0 Å². The van der Waals surface area contributed by atoms with Crippen LogP contribution in [0.25, 0.3) is 11.0 Å². The Balaban J connectivity index is 1.92. The van der Waals surface area contributed by atoms with Gasteiger partial charge in [0.05, 0.1) is 5.52 Å². The van der Waals surface area contributed by atoms with Gasteiger partial charge < -0.3 is 14.6 Å². The van der Waals surface area contributed by atoms with Gasteiger partial charge in [0.2, 0.25) is 0 Å². The third-order valence-corrected chi connectivity index (χ3v) is 5.67. The van der Waals surface area contributed by atoms with Gasteiger partial charge >= 0.3 is 0 Å². The van der Waals surface area contributed by atoms with E-state index >= 15 is 0 Å². The summed E-state index contributed by atoms with van der Waals surface area (Å²) in [7, 11) is 3.62. The largest absolute Gasteiger partial charge is 0.482 e. The SMILES string of the molecule is CNC(=O)c1cc2c(nc(C)n2C)c2c1CC[C@@H](c1cccs1)O2. The molecule has 0 spiro atoms. The molecule has 1 aliphatic heterocycles. The van der Waals surface area contributed by atoms with E-state index in [4.69, 9.17) is 4.74 Å². The molecule has 0 radical (unpaired) electrons. The van der Waals surface area contributed by atoms with Gasteiger partial charge in [-0.15, -0.1) is 11.3 Å². The van der Waals surface area contributed by atoms with Gasteiger partial charge in [-0.3, -0.25) is 4.79 Å². The van der Waals surface area contributed by atoms with Crippen LogP contribution in [0.4, 0.5) is 0 Å². The molecule has 1 aliphatic rings. The first kappa shape index (κ1) is 15.2. The summed E-state index contributed by atoms with van der Waals surface area (Å²) in [6, 6.07) is 6.08. The highest BCUT2D eigenvalue weighted by Crippen LogP contribution is 2.42. The van der Waals surface area contributed by atoms with E-state index < -0.39 is 0 Å². The predicted molar refractivity (Wildman–Crippen MR) is 94.9 cm³/mol. The quantitative estimate of drug-likeness (QED) is 0.777. The van der Waals surface area contributed by atoms with Crippen molar-refractivity contribution in [2.24, 2.45) is 7.05 Å². The maximum atomic E-state index is 12.4. The number of hydrogen-bond acceptors (Lipinski definition) is 4. The summed E-state index contributed by atoms with van der Waals surface area (Å²) < 4.78 is 8.35. The molecule has 0 saturated carbocycles. The minimum absolute atomic E-state index is 0.0305. The van der Waals surface area contributed by atoms with Gasteiger partial charge in [-0.2, -0.15) is 0 Å². The Bertz CT molecular complexity index is 928. The van der Waals surface area contributed by atoms with Crippen LogP contribution in [0, 0.1) is 6.92 Å². The van der Waals surface area contributed by atoms with E-state index in [2.05, 4.69) is 21.7 Å². The van der Waals surface area contributed by atoms with E-state index in [0.717, 1.165) is 41.0 Å². The zero-order valence-corrected chi connectivity index (χ0v) is 14.7. The average molecular weight is 341 g/mol. The van der Waals surface area contributed by atoms with Crippen molar-refractivity contribution in [3.8, 4) is 5.75 Å². The number of nitrogens with zero attached hydrogens (tertiary/aromatic N) is 2. The van der Waals surface area contributed by atoms with E-state index in [1.54, 1.807) is 18.4 Å². The number of hydrogen-bond donors (Lipinski definition) is 1. The second-order valence-electron chi connectivity index (χ2n) is 6.06. The fourth-order valence-corrected chi connectivity index (χ4v) is 4.10. The zero-order chi connectivity index (χ0) is 16.8. The van der Waals surface area contributed by atoms with Gasteiger partial charge in [0.25, 0.3) is 5.91 Å². The van der Waals surface area contributed by atoms with Crippen molar-refractivity contribution in [1.29, 1.82) is 0 Å². The smallest absolute Gasteiger partial charge is 0.251 e. The molecule has 1 atom stereocenters. The summed E-state index contributed by atoms with van der Waals surface area (Å²) in [4.78, 5) is 18.3. The summed E-state index contributed by atoms with van der Waals surface area (Å²) in [5.74, 6) is 1.59. The lowest BCUT2D eigenvalue weighted by atomic mass is 9.95. The lowest BCUT2D eigenvalue weighted by Crippen LogP contribution is -2.23. The van der Waals surface area contributed by atoms with Gasteiger partial charge in [0.1, 0.15) is 17.4 Å². The van der Waals surface area contributed by atoms with Crippen LogP contribution < -0.4 is 10.1 Å². The number of imidazole rings is 1. The Morgan fingerprint density at radius 1 is 1.50 bits per heavy atom. The van der Waals surface area contributed by atoms with Crippen molar-refractivity contribution < 1.29 is 9.53 Å². The van der Waals surface area contributed by atoms with Gasteiger partial charge in [-0.1, -0.05) is 6.07 Å². The van der Waals surface area contributed by atoms with Crippen molar-refractivity contribution in [3.05, 3.63) is 45.4 Å². The molecule has 0 bridgehead atoms. The van der Waals surface area contributed by atoms with Crippen molar-refractivity contribution in [1.82, 2.24) is 14.9 Å². The number of ether oxygens (including phenoxy) is 1. The first-order valence-corrected chi connectivity index (χ1v) is 8.89. The van der Waals surface area contributed by atoms with Crippen LogP contribution in [0.3, 0.4) is 0 Å². The predicted octanol–water partition coefficient (Wildman–Crippen LogP) is 3.37. The van der Waals surface area contributed by atoms with Crippen LogP contribution in [-0.4, -0.2) is 22.5 Å². The molecule has 3 heterocycles. The second-order valence-corrected chi connectivity index (χ2v) is 7.04. The Kier molecular flexibility index (Phi) is 3.57. The standard InChI is InChI=1S/C18H19N3O2S/c1-10-20-16-13(21(10)3)9-12(18(22)19-2)11-6-7-14(23-17(11)16)15-5-4-8-24-15/h4-5,8-9,14H,6-7H2,1-3H3,(H,19,22)/t14-/m0/s1. The lowest BCUT2D eigenvalue weighted by Gasteiger charge is -2.27. The Labute approximate surface area is 144 Å². The molecule has 0 aliphatic carbocycles. The molecule has 0 unspecified atom stereocenters. The van der Waals surface area contributed by atoms with E-state index in [1.807, 2.05) is 30.7 Å². The minimum Gasteiger partial charge on any atom is -0.482 e. The number of aromatic nitrogens is 2. The fraction of sp³-hybridized carbons (Fsp3) is 0.333. The van der Waals surface area contributed by atoms with Crippen LogP contribution in [0.5, 0.6) is 5.75 Å². The number of rotatable bonds is 2. The number of carbonyl (C=O) groups is 1. The molecule has 124 valence electrons. The number of amides is 1. The molecule has 1 aromatic carbocycles. The second kappa shape index (κ2) is 5.63. The summed E-state index contributed by atoms with van der Waals surface area (Å²) in [6.07, 6.45) is 1.71. The number of aryl methyl sites for hydroxylation is 2. The van der Waals surface area contributed by atoms with E-state index in [-0.39, 0.29) is 12.0 Å². The van der Waals surface area contributed by atoms with Gasteiger partial charge in [-0.05, 0) is 37.3 Å². The van der Waals surface area contributed by atoms with Crippen molar-refractivity contribution in [3.63, 3.8) is 0 Å². The Morgan fingerprint density at radius 3 is 3.04 bits per heavy atom. The molecule has 5 nitrogen and oxygen atoms in total. The lowest BCUT2D eigenvalue weighted by molar-refractivity contribution is 0.0959. The molecular formula is C18H19N3O2S. The molecule has 6 heteroatoms. The Hall–Kier alpha value is -2.34. The number of benzene rings is 1. The number of thiophene rings is 1. The fourth-order valence-electron chi connectivity index (χ4n) is 3.31. The summed E-state index contributed by atoms with van der Waals surface area (Å²) in [5, 5.41) is 4.80. The monoisotopic (exact) mass is 341 g/mol. The minimum atomic E-state index is -0.0785. The highest BCUT2D eigenvalue weighted by molar-refractivity contribution is 7.10. The molecule has 0 fully saturated rings. The zero-order valence-electron chi connectivity index (χ0n) is 13.9. The molecule has 1 amide bonds. The maximum absolute atomic E-state index is 12.4. The summed E-state index contributed by atoms with van der Waals surface area (Å²) >= 11 is 1.70. The van der Waals surface area contributed by atoms with Gasteiger partial charge in [-0.25, -0.2) is 4.98 Å². The van der Waals surface area contributed by atoms with Gasteiger partial charge in [0.15, 0.2) is 5.75 Å². The van der Waals surface area contributed by atoms with Crippen LogP contribution in [-0.2, 0) is 13.5 Å². The summed E-state index contributed by atoms with van der Waals surface area (Å²) in [6.45, 7) is 1.96. The van der Waals surface area contributed by atoms with Crippen LogP contribution >= 0.6 is 11.3 Å². The van der Waals surface area contributed by atoms with Crippen molar-refractivity contribution >= 4 is 28.3 Å². The first-order chi connectivity index (χ1) is 11.6. The Morgan fingerprint density at radius 2 is 2.33 bits per heavy atom. The third-order valence-electron chi connectivity index (χ3n) is 4.71. The number of fused-ring (bicyclic) bond motifs is 3. The highest BCUT2D eigenvalue weighted by Gasteiger charge is 2.29. The maximum Gasteiger partial charge on any atom is 0.251 e. The van der Waals surface area contributed by atoms with Crippen LogP contribution in [0.15, 0.2) is 23.6 Å². The molecule has 4 rings (SSSR count). The van der Waals surface area contributed by atoms with Crippen LogP contribution in [0.1, 0.15) is 39.1 Å². The third kappa shape index (κ3) is 2.21. The molecular weight excluding hydrogens is 322 g/mol.